The van der Waals surface area contributed by atoms with Gasteiger partial charge in [-0.2, -0.15) is 0 Å². The molecular weight excluding hydrogens is 260 g/mol. The van der Waals surface area contributed by atoms with Gasteiger partial charge in [0.05, 0.1) is 0 Å². The van der Waals surface area contributed by atoms with Gasteiger partial charge in [0.2, 0.25) is 0 Å². The summed E-state index contributed by atoms with van der Waals surface area (Å²) in [5.41, 5.74) is 2.56. The van der Waals surface area contributed by atoms with E-state index in [-0.39, 0.29) is 11.6 Å². The molecule has 21 heavy (non-hydrogen) atoms. The van der Waals surface area contributed by atoms with Crippen molar-refractivity contribution in [3.63, 3.8) is 0 Å². The normalized spacial score (nSPS) is 10.5. The molecule has 0 saturated heterocycles. The molecular formula is C19H16O2. The molecule has 0 bridgehead atoms. The van der Waals surface area contributed by atoms with E-state index < -0.39 is 0 Å². The second-order valence-electron chi connectivity index (χ2n) is 4.80. The number of hydrogen-bond donors (Lipinski definition) is 0. The highest BCUT2D eigenvalue weighted by Crippen LogP contribution is 2.11. The Bertz CT molecular complexity index is 692. The molecule has 0 N–H and O–H groups in total. The Hall–Kier alpha value is -2.74. The monoisotopic (exact) mass is 276 g/mol. The zero-order valence-electron chi connectivity index (χ0n) is 11.9. The molecule has 0 atom stereocenters. The fourth-order valence-electron chi connectivity index (χ4n) is 1.86. The van der Waals surface area contributed by atoms with E-state index in [4.69, 9.17) is 0 Å². The summed E-state index contributed by atoms with van der Waals surface area (Å²) in [5, 5.41) is 0. The van der Waals surface area contributed by atoms with E-state index in [1.807, 2.05) is 30.3 Å². The second-order valence-corrected chi connectivity index (χ2v) is 4.80. The molecule has 2 aromatic rings. The maximum absolute atomic E-state index is 12.0. The lowest BCUT2D eigenvalue weighted by Crippen LogP contribution is -2.01. The minimum absolute atomic E-state index is 0.0897. The molecule has 0 amide bonds. The molecule has 0 unspecified atom stereocenters. The molecule has 0 aromatic heterocycles. The molecule has 0 spiro atoms. The van der Waals surface area contributed by atoms with E-state index in [9.17, 15) is 9.59 Å². The predicted octanol–water partition coefficient (Wildman–Crippen LogP) is 4.34. The zero-order chi connectivity index (χ0) is 15.2. The Morgan fingerprint density at radius 3 is 2.05 bits per heavy atom. The molecule has 0 aliphatic carbocycles. The Morgan fingerprint density at radius 1 is 0.905 bits per heavy atom. The van der Waals surface area contributed by atoms with Crippen LogP contribution in [0.1, 0.15) is 33.2 Å². The van der Waals surface area contributed by atoms with Crippen LogP contribution in [0.2, 0.25) is 0 Å². The summed E-state index contributed by atoms with van der Waals surface area (Å²) in [6.07, 6.45) is 3.31. The fourth-order valence-corrected chi connectivity index (χ4v) is 1.86. The molecule has 0 aliphatic heterocycles. The number of Topliss-reactive ketones (excluding diaryl/α,β-unsaturated/α-hetero) is 1. The van der Waals surface area contributed by atoms with Crippen LogP contribution in [0.15, 0.2) is 72.8 Å². The SMILES string of the molecule is C=C(C)C(=O)c1ccc(C(=O)/C=C/c2ccccc2)cc1. The van der Waals surface area contributed by atoms with Gasteiger partial charge in [0.25, 0.3) is 0 Å². The lowest BCUT2D eigenvalue weighted by atomic mass is 10.0. The molecule has 2 heteroatoms. The van der Waals surface area contributed by atoms with E-state index in [0.29, 0.717) is 16.7 Å². The highest BCUT2D eigenvalue weighted by Gasteiger charge is 2.07. The van der Waals surface area contributed by atoms with Gasteiger partial charge in [-0.15, -0.1) is 0 Å². The van der Waals surface area contributed by atoms with Gasteiger partial charge in [-0.25, -0.2) is 0 Å². The van der Waals surface area contributed by atoms with Gasteiger partial charge in [0, 0.05) is 11.1 Å². The first-order chi connectivity index (χ1) is 10.1. The second kappa shape index (κ2) is 6.62. The predicted molar refractivity (Wildman–Crippen MR) is 85.4 cm³/mol. The molecule has 0 radical (unpaired) electrons. The Kier molecular flexibility index (Phi) is 4.62. The first-order valence-corrected chi connectivity index (χ1v) is 6.65. The van der Waals surface area contributed by atoms with Crippen molar-refractivity contribution < 1.29 is 9.59 Å². The summed E-state index contributed by atoms with van der Waals surface area (Å²) in [7, 11) is 0. The van der Waals surface area contributed by atoms with Crippen molar-refractivity contribution in [3.05, 3.63) is 89.5 Å². The summed E-state index contributed by atoms with van der Waals surface area (Å²) >= 11 is 0. The lowest BCUT2D eigenvalue weighted by molar-refractivity contribution is 0.102. The van der Waals surface area contributed by atoms with Crippen molar-refractivity contribution in [3.8, 4) is 0 Å². The third-order valence-electron chi connectivity index (χ3n) is 3.05. The highest BCUT2D eigenvalue weighted by atomic mass is 16.1. The number of carbonyl (C=O) groups excluding carboxylic acids is 2. The summed E-state index contributed by atoms with van der Waals surface area (Å²) in [4.78, 5) is 23.8. The molecule has 104 valence electrons. The van der Waals surface area contributed by atoms with E-state index in [1.54, 1.807) is 37.3 Å². The van der Waals surface area contributed by atoms with Gasteiger partial charge in [0.15, 0.2) is 11.6 Å². The van der Waals surface area contributed by atoms with E-state index in [2.05, 4.69) is 6.58 Å². The van der Waals surface area contributed by atoms with Gasteiger partial charge in [-0.05, 0) is 24.1 Å². The van der Waals surface area contributed by atoms with E-state index in [0.717, 1.165) is 5.56 Å². The van der Waals surface area contributed by atoms with Crippen molar-refractivity contribution in [1.82, 2.24) is 0 Å². The van der Waals surface area contributed by atoms with Crippen molar-refractivity contribution in [2.75, 3.05) is 0 Å². The first-order valence-electron chi connectivity index (χ1n) is 6.65. The van der Waals surface area contributed by atoms with Crippen LogP contribution >= 0.6 is 0 Å². The third kappa shape index (κ3) is 3.86. The minimum Gasteiger partial charge on any atom is -0.289 e. The quantitative estimate of drug-likeness (QED) is 0.601. The van der Waals surface area contributed by atoms with Crippen molar-refractivity contribution >= 4 is 17.6 Å². The summed E-state index contributed by atoms with van der Waals surface area (Å²) in [6.45, 7) is 5.29. The largest absolute Gasteiger partial charge is 0.289 e. The number of ketones is 2. The first kappa shape index (κ1) is 14.7. The molecule has 2 rings (SSSR count). The van der Waals surface area contributed by atoms with Crippen LogP contribution in [0.5, 0.6) is 0 Å². The number of carbonyl (C=O) groups is 2. The smallest absolute Gasteiger partial charge is 0.188 e. The van der Waals surface area contributed by atoms with Crippen LogP contribution in [0.25, 0.3) is 6.08 Å². The maximum atomic E-state index is 12.0. The third-order valence-corrected chi connectivity index (χ3v) is 3.05. The van der Waals surface area contributed by atoms with Gasteiger partial charge in [-0.3, -0.25) is 9.59 Å². The molecule has 0 aliphatic rings. The summed E-state index contributed by atoms with van der Waals surface area (Å²) in [6, 6.07) is 16.3. The molecule has 0 fully saturated rings. The fraction of sp³-hybridized carbons (Fsp3) is 0.0526. The van der Waals surface area contributed by atoms with Crippen LogP contribution in [-0.4, -0.2) is 11.6 Å². The van der Waals surface area contributed by atoms with Crippen LogP contribution < -0.4 is 0 Å². The zero-order valence-corrected chi connectivity index (χ0v) is 11.9. The minimum atomic E-state index is -0.103. The van der Waals surface area contributed by atoms with E-state index in [1.165, 1.54) is 6.08 Å². The standard InChI is InChI=1S/C19H16O2/c1-14(2)19(21)17-11-9-16(10-12-17)18(20)13-8-15-6-4-3-5-7-15/h3-13H,1H2,2H3/b13-8+. The Balaban J connectivity index is 2.12. The van der Waals surface area contributed by atoms with Crippen molar-refractivity contribution in [2.24, 2.45) is 0 Å². The van der Waals surface area contributed by atoms with Gasteiger partial charge in [-0.1, -0.05) is 67.3 Å². The molecule has 0 heterocycles. The van der Waals surface area contributed by atoms with Crippen molar-refractivity contribution in [1.29, 1.82) is 0 Å². The van der Waals surface area contributed by atoms with Crippen molar-refractivity contribution in [2.45, 2.75) is 6.92 Å². The Labute approximate surface area is 124 Å². The van der Waals surface area contributed by atoms with Gasteiger partial charge in [0.1, 0.15) is 0 Å². The summed E-state index contributed by atoms with van der Waals surface area (Å²) < 4.78 is 0. The topological polar surface area (TPSA) is 34.1 Å². The average Bonchev–Trinajstić information content (AvgIpc) is 2.53. The average molecular weight is 276 g/mol. The van der Waals surface area contributed by atoms with Crippen LogP contribution in [-0.2, 0) is 0 Å². The maximum Gasteiger partial charge on any atom is 0.188 e. The summed E-state index contributed by atoms with van der Waals surface area (Å²) in [5.74, 6) is -0.193. The number of benzene rings is 2. The van der Waals surface area contributed by atoms with E-state index >= 15 is 0 Å². The van der Waals surface area contributed by atoms with Crippen LogP contribution in [0.3, 0.4) is 0 Å². The lowest BCUT2D eigenvalue weighted by Gasteiger charge is -2.01. The van der Waals surface area contributed by atoms with Crippen LogP contribution in [0.4, 0.5) is 0 Å². The number of allylic oxidation sites excluding steroid dienone is 2. The van der Waals surface area contributed by atoms with Gasteiger partial charge >= 0.3 is 0 Å². The Morgan fingerprint density at radius 2 is 1.48 bits per heavy atom. The highest BCUT2D eigenvalue weighted by molar-refractivity contribution is 6.10. The molecule has 2 nitrogen and oxygen atoms in total. The number of hydrogen-bond acceptors (Lipinski definition) is 2. The van der Waals surface area contributed by atoms with Gasteiger partial charge < -0.3 is 0 Å². The molecule has 2 aromatic carbocycles. The van der Waals surface area contributed by atoms with Crippen LogP contribution in [0, 0.1) is 0 Å². The number of rotatable bonds is 5. The molecule has 0 saturated carbocycles.